The molecule has 0 atom stereocenters. The molecule has 0 unspecified atom stereocenters. The van der Waals surface area contributed by atoms with E-state index in [1.807, 2.05) is 17.6 Å². The summed E-state index contributed by atoms with van der Waals surface area (Å²) in [6.07, 6.45) is 1.38. The van der Waals surface area contributed by atoms with Crippen molar-refractivity contribution < 1.29 is 23.6 Å². The van der Waals surface area contributed by atoms with Crippen molar-refractivity contribution in [3.05, 3.63) is 59.5 Å². The zero-order valence-electron chi connectivity index (χ0n) is 17.2. The topological polar surface area (TPSA) is 130 Å². The molecule has 1 heterocycles. The van der Waals surface area contributed by atoms with Crippen molar-refractivity contribution in [3.8, 4) is 0 Å². The van der Waals surface area contributed by atoms with Gasteiger partial charge < -0.3 is 15.1 Å². The van der Waals surface area contributed by atoms with Gasteiger partial charge in [0.2, 0.25) is 5.91 Å². The fourth-order valence-electron chi connectivity index (χ4n) is 2.42. The van der Waals surface area contributed by atoms with Crippen molar-refractivity contribution in [1.29, 1.82) is 0 Å². The number of hydrazine groups is 1. The van der Waals surface area contributed by atoms with E-state index in [2.05, 4.69) is 36.8 Å². The number of nitrogens with one attached hydrogen (secondary N) is 4. The molecule has 0 radical (unpaired) electrons. The van der Waals surface area contributed by atoms with Crippen LogP contribution in [0.2, 0.25) is 0 Å². The second kappa shape index (κ2) is 10.2. The molecule has 1 aromatic heterocycles. The Morgan fingerprint density at radius 1 is 0.900 bits per heavy atom. The molecule has 9 heteroatoms. The summed E-state index contributed by atoms with van der Waals surface area (Å²) < 4.78 is 5.03. The van der Waals surface area contributed by atoms with Gasteiger partial charge in [-0.3, -0.25) is 30.0 Å². The fourth-order valence-corrected chi connectivity index (χ4v) is 2.42. The lowest BCUT2D eigenvalue weighted by Gasteiger charge is -2.19. The summed E-state index contributed by atoms with van der Waals surface area (Å²) in [6, 6.07) is 10.6. The van der Waals surface area contributed by atoms with Gasteiger partial charge in [0.1, 0.15) is 5.76 Å². The van der Waals surface area contributed by atoms with Crippen LogP contribution in [0, 0.1) is 0 Å². The van der Waals surface area contributed by atoms with Gasteiger partial charge in [0.25, 0.3) is 5.91 Å². The van der Waals surface area contributed by atoms with Crippen molar-refractivity contribution in [3.63, 3.8) is 0 Å². The van der Waals surface area contributed by atoms with Crippen LogP contribution >= 0.6 is 0 Å². The molecule has 4 amide bonds. The summed E-state index contributed by atoms with van der Waals surface area (Å²) in [7, 11) is 0. The van der Waals surface area contributed by atoms with Crippen LogP contribution in [0.3, 0.4) is 0 Å². The van der Waals surface area contributed by atoms with Crippen molar-refractivity contribution in [1.82, 2.24) is 21.5 Å². The quantitative estimate of drug-likeness (QED) is 0.416. The molecule has 0 aliphatic heterocycles. The Bertz CT molecular complexity index is 883. The van der Waals surface area contributed by atoms with E-state index in [0.29, 0.717) is 11.3 Å². The van der Waals surface area contributed by atoms with Gasteiger partial charge in [0.15, 0.2) is 0 Å². The Hall–Kier alpha value is -3.62. The summed E-state index contributed by atoms with van der Waals surface area (Å²) in [4.78, 5) is 47.2. The Morgan fingerprint density at radius 2 is 1.60 bits per heavy atom. The summed E-state index contributed by atoms with van der Waals surface area (Å²) in [6.45, 7) is 6.38. The molecule has 0 bridgehead atoms. The van der Waals surface area contributed by atoms with E-state index in [9.17, 15) is 19.2 Å². The highest BCUT2D eigenvalue weighted by molar-refractivity contribution is 6.35. The minimum absolute atomic E-state index is 0.00674. The van der Waals surface area contributed by atoms with Gasteiger partial charge >= 0.3 is 11.8 Å². The summed E-state index contributed by atoms with van der Waals surface area (Å²) in [5.41, 5.74) is 5.73. The van der Waals surface area contributed by atoms with E-state index in [1.165, 1.54) is 6.26 Å². The number of hydrogen-bond donors (Lipinski definition) is 4. The molecule has 0 aliphatic rings. The van der Waals surface area contributed by atoms with Crippen LogP contribution in [0.5, 0.6) is 0 Å². The van der Waals surface area contributed by atoms with Crippen molar-refractivity contribution in [2.45, 2.75) is 39.2 Å². The molecule has 9 nitrogen and oxygen atoms in total. The van der Waals surface area contributed by atoms with E-state index >= 15 is 0 Å². The highest BCUT2D eigenvalue weighted by atomic mass is 16.3. The smallest absolute Gasteiger partial charge is 0.327 e. The SMILES string of the molecule is CC(C)(C)c1ccc(C(=O)NCCC(=O)NNC(=O)C(=O)NCc2ccco2)cc1. The number of amides is 4. The maximum Gasteiger partial charge on any atom is 0.327 e. The van der Waals surface area contributed by atoms with Crippen molar-refractivity contribution in [2.24, 2.45) is 0 Å². The first-order valence-corrected chi connectivity index (χ1v) is 9.45. The number of benzene rings is 1. The fraction of sp³-hybridized carbons (Fsp3) is 0.333. The van der Waals surface area contributed by atoms with Crippen LogP contribution in [0.1, 0.15) is 48.9 Å². The molecular formula is C21H26N4O5. The van der Waals surface area contributed by atoms with Gasteiger partial charge in [-0.05, 0) is 35.2 Å². The molecule has 0 aliphatic carbocycles. The van der Waals surface area contributed by atoms with Crippen LogP contribution in [0.15, 0.2) is 47.1 Å². The van der Waals surface area contributed by atoms with E-state index in [-0.39, 0.29) is 30.8 Å². The average Bonchev–Trinajstić information content (AvgIpc) is 3.23. The van der Waals surface area contributed by atoms with Crippen LogP contribution in [-0.2, 0) is 26.3 Å². The number of hydrogen-bond acceptors (Lipinski definition) is 5. The number of furan rings is 1. The Labute approximate surface area is 174 Å². The monoisotopic (exact) mass is 414 g/mol. The Kier molecular flexibility index (Phi) is 7.74. The van der Waals surface area contributed by atoms with Gasteiger partial charge in [0, 0.05) is 18.5 Å². The first kappa shape index (κ1) is 22.7. The van der Waals surface area contributed by atoms with Gasteiger partial charge in [0.05, 0.1) is 12.8 Å². The zero-order chi connectivity index (χ0) is 22.1. The molecule has 4 N–H and O–H groups in total. The first-order valence-electron chi connectivity index (χ1n) is 9.45. The maximum absolute atomic E-state index is 12.1. The summed E-state index contributed by atoms with van der Waals surface area (Å²) in [5, 5.41) is 4.98. The maximum atomic E-state index is 12.1. The van der Waals surface area contributed by atoms with E-state index in [0.717, 1.165) is 5.56 Å². The van der Waals surface area contributed by atoms with Crippen molar-refractivity contribution in [2.75, 3.05) is 6.54 Å². The molecule has 1 aromatic carbocycles. The Morgan fingerprint density at radius 3 is 2.20 bits per heavy atom. The molecule has 2 rings (SSSR count). The zero-order valence-corrected chi connectivity index (χ0v) is 17.2. The van der Waals surface area contributed by atoms with Crippen LogP contribution in [-0.4, -0.2) is 30.2 Å². The minimum atomic E-state index is -1.02. The molecule has 2 aromatic rings. The van der Waals surface area contributed by atoms with Gasteiger partial charge in [-0.2, -0.15) is 0 Å². The largest absolute Gasteiger partial charge is 0.467 e. The molecule has 0 spiro atoms. The van der Waals surface area contributed by atoms with Gasteiger partial charge in [-0.25, -0.2) is 0 Å². The summed E-state index contributed by atoms with van der Waals surface area (Å²) in [5.74, 6) is -2.30. The third-order valence-corrected chi connectivity index (χ3v) is 4.18. The first-order chi connectivity index (χ1) is 14.2. The number of rotatable bonds is 6. The van der Waals surface area contributed by atoms with E-state index in [4.69, 9.17) is 4.42 Å². The predicted molar refractivity (Wildman–Crippen MR) is 109 cm³/mol. The van der Waals surface area contributed by atoms with Crippen LogP contribution in [0.4, 0.5) is 0 Å². The second-order valence-electron chi connectivity index (χ2n) is 7.60. The lowest BCUT2D eigenvalue weighted by molar-refractivity contribution is -0.141. The number of carbonyl (C=O) groups is 4. The molecule has 160 valence electrons. The lowest BCUT2D eigenvalue weighted by atomic mass is 9.87. The molecule has 0 saturated heterocycles. The average molecular weight is 414 g/mol. The van der Waals surface area contributed by atoms with Gasteiger partial charge in [-0.15, -0.1) is 0 Å². The number of carbonyl (C=O) groups excluding carboxylic acids is 4. The molecule has 0 saturated carbocycles. The van der Waals surface area contributed by atoms with Gasteiger partial charge in [-0.1, -0.05) is 32.9 Å². The summed E-state index contributed by atoms with van der Waals surface area (Å²) >= 11 is 0. The third-order valence-electron chi connectivity index (χ3n) is 4.18. The van der Waals surface area contributed by atoms with Crippen LogP contribution < -0.4 is 21.5 Å². The normalized spacial score (nSPS) is 10.8. The molecular weight excluding hydrogens is 388 g/mol. The molecule has 0 fully saturated rings. The standard InChI is InChI=1S/C21H26N4O5/c1-21(2,3)15-8-6-14(7-9-15)18(27)22-11-10-17(26)24-25-20(29)19(28)23-13-16-5-4-12-30-16/h4-9,12H,10-11,13H2,1-3H3,(H,22,27)(H,23,28)(H,24,26)(H,25,29). The highest BCUT2D eigenvalue weighted by Crippen LogP contribution is 2.22. The van der Waals surface area contributed by atoms with E-state index in [1.54, 1.807) is 24.3 Å². The second-order valence-corrected chi connectivity index (χ2v) is 7.60. The highest BCUT2D eigenvalue weighted by Gasteiger charge is 2.16. The molecule has 30 heavy (non-hydrogen) atoms. The van der Waals surface area contributed by atoms with E-state index < -0.39 is 17.7 Å². The third kappa shape index (κ3) is 7.08. The predicted octanol–water partition coefficient (Wildman–Crippen LogP) is 1.16. The van der Waals surface area contributed by atoms with Crippen LogP contribution in [0.25, 0.3) is 0 Å². The minimum Gasteiger partial charge on any atom is -0.467 e. The van der Waals surface area contributed by atoms with Crippen molar-refractivity contribution >= 4 is 23.6 Å². The Balaban J connectivity index is 1.66. The lowest BCUT2D eigenvalue weighted by Crippen LogP contribution is -2.48.